The summed E-state index contributed by atoms with van der Waals surface area (Å²) in [5.74, 6) is 6.20. The van der Waals surface area contributed by atoms with Gasteiger partial charge in [-0.05, 0) is 35.6 Å². The van der Waals surface area contributed by atoms with Gasteiger partial charge in [-0.2, -0.15) is 0 Å². The Bertz CT molecular complexity index is 1240. The summed E-state index contributed by atoms with van der Waals surface area (Å²) < 4.78 is 5.18. The monoisotopic (exact) mass is 444 g/mol. The molecule has 0 saturated carbocycles. The Kier molecular flexibility index (Phi) is 5.81. The van der Waals surface area contributed by atoms with Gasteiger partial charge in [0, 0.05) is 59.5 Å². The maximum Gasteiger partial charge on any atom is 0.236 e. The molecule has 0 bridgehead atoms. The zero-order chi connectivity index (χ0) is 22.9. The van der Waals surface area contributed by atoms with Crippen molar-refractivity contribution >= 4 is 23.1 Å². The minimum absolute atomic E-state index is 0.104. The molecule has 1 unspecified atom stereocenters. The summed E-state index contributed by atoms with van der Waals surface area (Å²) in [7, 11) is 3.23. The first-order valence-electron chi connectivity index (χ1n) is 10.2. The van der Waals surface area contributed by atoms with Crippen molar-refractivity contribution in [2.75, 3.05) is 14.2 Å². The summed E-state index contributed by atoms with van der Waals surface area (Å²) in [6.07, 6.45) is 5.72. The molecule has 4 heterocycles. The Morgan fingerprint density at radius 2 is 2.06 bits per heavy atom. The third kappa shape index (κ3) is 3.78. The average Bonchev–Trinajstić information content (AvgIpc) is 3.30. The number of hydrogen-bond donors (Lipinski definition) is 1. The molecular weight excluding hydrogens is 420 g/mol. The van der Waals surface area contributed by atoms with Crippen molar-refractivity contribution in [1.29, 1.82) is 5.41 Å². The molecule has 0 aliphatic carbocycles. The minimum atomic E-state index is -0.575. The number of likely N-dealkylation sites (N-methyl/N-ethyl adjacent to an activating group) is 1. The second-order valence-electron chi connectivity index (χ2n) is 8.04. The number of likely N-dealkylation sites (tertiary alicyclic amines) is 1. The van der Waals surface area contributed by atoms with Crippen LogP contribution in [0.5, 0.6) is 5.88 Å². The molecule has 1 N–H and O–H groups in total. The van der Waals surface area contributed by atoms with Crippen molar-refractivity contribution < 1.29 is 9.53 Å². The quantitative estimate of drug-likeness (QED) is 0.603. The number of carbonyl (C=O) groups is 1. The van der Waals surface area contributed by atoms with Crippen LogP contribution in [0.25, 0.3) is 11.1 Å². The molecule has 0 spiro atoms. The number of amidine groups is 1. The van der Waals surface area contributed by atoms with Gasteiger partial charge in [0.15, 0.2) is 0 Å². The van der Waals surface area contributed by atoms with E-state index in [1.54, 1.807) is 50.9 Å². The summed E-state index contributed by atoms with van der Waals surface area (Å²) in [6, 6.07) is 7.79. The van der Waals surface area contributed by atoms with Crippen LogP contribution in [0.4, 0.5) is 0 Å². The number of carbonyl (C=O) groups excluding carboxylic acids is 1. The number of nitrogens with zero attached hydrogens (tertiary/aromatic N) is 3. The number of rotatable bonds is 4. The fourth-order valence-electron chi connectivity index (χ4n) is 4.19. The molecule has 1 aliphatic heterocycles. The molecule has 1 aliphatic rings. The standard InChI is InChI=1S/C25H24N4O2S/c1-5-6-16-9-18(13-27-12-16)19-10-20(32-15-19)25(2)11-21(26)29(3)24(30)23(25)17-7-8-22(31-4)28-14-17/h7-10,12-15,23,26H,11H2,1-4H3/t23?,25-/m1/s1. The lowest BCUT2D eigenvalue weighted by Gasteiger charge is -2.43. The second-order valence-corrected chi connectivity index (χ2v) is 8.95. The number of piperidine rings is 1. The lowest BCUT2D eigenvalue weighted by molar-refractivity contribution is -0.131. The van der Waals surface area contributed by atoms with Crippen LogP contribution in [-0.2, 0) is 10.2 Å². The van der Waals surface area contributed by atoms with Crippen LogP contribution < -0.4 is 4.74 Å². The number of methoxy groups -OCH3 is 1. The predicted molar refractivity (Wildman–Crippen MR) is 126 cm³/mol. The Balaban J connectivity index is 1.78. The molecule has 162 valence electrons. The normalized spacial score (nSPS) is 20.6. The van der Waals surface area contributed by atoms with Gasteiger partial charge in [-0.1, -0.05) is 18.9 Å². The molecule has 4 rings (SSSR count). The van der Waals surface area contributed by atoms with Crippen LogP contribution in [-0.4, -0.2) is 40.8 Å². The van der Waals surface area contributed by atoms with Crippen LogP contribution >= 0.6 is 11.3 Å². The molecule has 32 heavy (non-hydrogen) atoms. The smallest absolute Gasteiger partial charge is 0.236 e. The maximum absolute atomic E-state index is 13.4. The number of hydrogen-bond acceptors (Lipinski definition) is 6. The molecule has 7 heteroatoms. The fraction of sp³-hybridized carbons (Fsp3) is 0.280. The Labute approximate surface area is 191 Å². The molecule has 0 aromatic carbocycles. The highest BCUT2D eigenvalue weighted by Crippen LogP contribution is 2.48. The molecule has 0 radical (unpaired) electrons. The lowest BCUT2D eigenvalue weighted by Crippen LogP contribution is -2.52. The van der Waals surface area contributed by atoms with Crippen LogP contribution in [0.3, 0.4) is 0 Å². The molecule has 3 aromatic heterocycles. The van der Waals surface area contributed by atoms with Crippen LogP contribution in [0, 0.1) is 17.3 Å². The second kappa shape index (κ2) is 8.56. The first kappa shape index (κ1) is 21.7. The van der Waals surface area contributed by atoms with E-state index in [2.05, 4.69) is 40.2 Å². The van der Waals surface area contributed by atoms with Crippen molar-refractivity contribution in [3.05, 3.63) is 64.2 Å². The molecular formula is C25H24N4O2S. The van der Waals surface area contributed by atoms with E-state index in [9.17, 15) is 4.79 Å². The topological polar surface area (TPSA) is 79.2 Å². The van der Waals surface area contributed by atoms with Gasteiger partial charge in [-0.15, -0.1) is 17.3 Å². The summed E-state index contributed by atoms with van der Waals surface area (Å²) in [4.78, 5) is 24.5. The average molecular weight is 445 g/mol. The van der Waals surface area contributed by atoms with Gasteiger partial charge < -0.3 is 9.64 Å². The van der Waals surface area contributed by atoms with E-state index in [0.29, 0.717) is 18.1 Å². The zero-order valence-corrected chi connectivity index (χ0v) is 19.3. The predicted octanol–water partition coefficient (Wildman–Crippen LogP) is 4.47. The zero-order valence-electron chi connectivity index (χ0n) is 18.5. The van der Waals surface area contributed by atoms with E-state index in [1.165, 1.54) is 4.90 Å². The molecule has 6 nitrogen and oxygen atoms in total. The van der Waals surface area contributed by atoms with Gasteiger partial charge in [0.25, 0.3) is 0 Å². The number of ether oxygens (including phenoxy) is 1. The van der Waals surface area contributed by atoms with Gasteiger partial charge in [-0.3, -0.25) is 15.2 Å². The Morgan fingerprint density at radius 3 is 2.75 bits per heavy atom. The number of nitrogens with one attached hydrogen (secondary N) is 1. The van der Waals surface area contributed by atoms with Crippen molar-refractivity contribution in [3.63, 3.8) is 0 Å². The van der Waals surface area contributed by atoms with E-state index in [1.807, 2.05) is 18.3 Å². The number of thiophene rings is 1. The van der Waals surface area contributed by atoms with Gasteiger partial charge in [0.05, 0.1) is 13.0 Å². The van der Waals surface area contributed by atoms with E-state index >= 15 is 0 Å². The first-order chi connectivity index (χ1) is 15.4. The molecule has 1 saturated heterocycles. The molecule has 1 fully saturated rings. The van der Waals surface area contributed by atoms with Gasteiger partial charge in [-0.25, -0.2) is 4.98 Å². The first-order valence-corrected chi connectivity index (χ1v) is 11.1. The fourth-order valence-corrected chi connectivity index (χ4v) is 5.30. The Hall–Kier alpha value is -3.50. The summed E-state index contributed by atoms with van der Waals surface area (Å²) in [5, 5.41) is 10.5. The third-order valence-corrected chi connectivity index (χ3v) is 7.17. The molecule has 2 atom stereocenters. The molecule has 1 amide bonds. The van der Waals surface area contributed by atoms with E-state index in [0.717, 1.165) is 27.1 Å². The van der Waals surface area contributed by atoms with Crippen LogP contribution in [0.2, 0.25) is 0 Å². The SMILES string of the molecule is CC#Cc1cncc(-c2csc([C@@]3(C)CC(=N)N(C)C(=O)C3c3ccc(OC)nc3)c2)c1. The van der Waals surface area contributed by atoms with Gasteiger partial charge in [0.2, 0.25) is 11.8 Å². The summed E-state index contributed by atoms with van der Waals surface area (Å²) >= 11 is 1.60. The number of amides is 1. The van der Waals surface area contributed by atoms with E-state index < -0.39 is 11.3 Å². The van der Waals surface area contributed by atoms with Crippen molar-refractivity contribution in [3.8, 4) is 28.8 Å². The third-order valence-electron chi connectivity index (χ3n) is 5.96. The van der Waals surface area contributed by atoms with Gasteiger partial charge in [0.1, 0.15) is 5.84 Å². The highest BCUT2D eigenvalue weighted by molar-refractivity contribution is 7.10. The van der Waals surface area contributed by atoms with E-state index in [-0.39, 0.29) is 5.91 Å². The van der Waals surface area contributed by atoms with Crippen molar-refractivity contribution in [2.24, 2.45) is 0 Å². The number of pyridine rings is 2. The largest absolute Gasteiger partial charge is 0.481 e. The Morgan fingerprint density at radius 1 is 1.25 bits per heavy atom. The minimum Gasteiger partial charge on any atom is -0.481 e. The van der Waals surface area contributed by atoms with E-state index in [4.69, 9.17) is 10.1 Å². The highest BCUT2D eigenvalue weighted by atomic mass is 32.1. The number of aromatic nitrogens is 2. The van der Waals surface area contributed by atoms with Gasteiger partial charge >= 0.3 is 0 Å². The maximum atomic E-state index is 13.4. The highest BCUT2D eigenvalue weighted by Gasteiger charge is 2.49. The summed E-state index contributed by atoms with van der Waals surface area (Å²) in [5.41, 5.74) is 3.11. The summed E-state index contributed by atoms with van der Waals surface area (Å²) in [6.45, 7) is 3.87. The van der Waals surface area contributed by atoms with Crippen molar-refractivity contribution in [1.82, 2.24) is 14.9 Å². The lowest BCUT2D eigenvalue weighted by atomic mass is 9.67. The van der Waals surface area contributed by atoms with Crippen LogP contribution in [0.15, 0.2) is 48.2 Å². The van der Waals surface area contributed by atoms with Crippen LogP contribution in [0.1, 0.15) is 42.2 Å². The van der Waals surface area contributed by atoms with Crippen molar-refractivity contribution in [2.45, 2.75) is 31.6 Å². The molecule has 3 aromatic rings.